The Morgan fingerprint density at radius 1 is 1.38 bits per heavy atom. The molecule has 0 saturated heterocycles. The lowest BCUT2D eigenvalue weighted by atomic mass is 10.1. The molecule has 32 heavy (non-hydrogen) atoms. The topological polar surface area (TPSA) is 100 Å². The second-order valence-corrected chi connectivity index (χ2v) is 7.30. The highest BCUT2D eigenvalue weighted by Gasteiger charge is 2.27. The molecule has 1 aliphatic heterocycles. The van der Waals surface area contributed by atoms with Gasteiger partial charge in [-0.25, -0.2) is 9.78 Å². The number of carbonyl (C=O) groups excluding carboxylic acids is 2. The Morgan fingerprint density at radius 2 is 2.16 bits per heavy atom. The number of aldehydes is 1. The molecule has 2 aromatic heterocycles. The molecule has 0 aliphatic carbocycles. The summed E-state index contributed by atoms with van der Waals surface area (Å²) in [5, 5.41) is 7.21. The van der Waals surface area contributed by atoms with Crippen LogP contribution in [0.25, 0.3) is 11.0 Å². The number of ether oxygens (including phenoxy) is 2. The number of rotatable bonds is 6. The van der Waals surface area contributed by atoms with Gasteiger partial charge in [0.2, 0.25) is 5.95 Å². The van der Waals surface area contributed by atoms with Crippen molar-refractivity contribution < 1.29 is 19.1 Å². The highest BCUT2D eigenvalue weighted by atomic mass is 16.5. The van der Waals surface area contributed by atoms with E-state index < -0.39 is 5.97 Å². The van der Waals surface area contributed by atoms with Crippen molar-refractivity contribution in [3.05, 3.63) is 47.3 Å². The van der Waals surface area contributed by atoms with Crippen LogP contribution < -0.4 is 10.1 Å². The summed E-state index contributed by atoms with van der Waals surface area (Å²) in [7, 11) is 3.21. The van der Waals surface area contributed by atoms with Crippen LogP contribution in [0.2, 0.25) is 0 Å². The van der Waals surface area contributed by atoms with Crippen molar-refractivity contribution in [2.45, 2.75) is 39.8 Å². The molecule has 0 amide bonds. The lowest BCUT2D eigenvalue weighted by molar-refractivity contribution is 0.0600. The van der Waals surface area contributed by atoms with E-state index in [0.717, 1.165) is 41.9 Å². The molecule has 0 spiro atoms. The second-order valence-electron chi connectivity index (χ2n) is 7.30. The summed E-state index contributed by atoms with van der Waals surface area (Å²) in [6.07, 6.45) is 5.84. The maximum atomic E-state index is 11.8. The van der Waals surface area contributed by atoms with Gasteiger partial charge in [-0.3, -0.25) is 9.48 Å². The highest BCUT2D eigenvalue weighted by molar-refractivity contribution is 5.97. The maximum absolute atomic E-state index is 11.8. The molecule has 0 bridgehead atoms. The number of aromatic nitrogens is 4. The molecule has 1 N–H and O–H groups in total. The summed E-state index contributed by atoms with van der Waals surface area (Å²) < 4.78 is 14.5. The molecule has 0 radical (unpaired) electrons. The normalized spacial score (nSPS) is 14.6. The van der Waals surface area contributed by atoms with E-state index in [0.29, 0.717) is 23.6 Å². The molecule has 4 rings (SSSR count). The molecule has 3 heterocycles. The minimum atomic E-state index is -0.390. The van der Waals surface area contributed by atoms with Crippen LogP contribution in [0.15, 0.2) is 30.4 Å². The van der Waals surface area contributed by atoms with Gasteiger partial charge in [0, 0.05) is 13.6 Å². The molecule has 1 atom stereocenters. The Bertz CT molecular complexity index is 1150. The van der Waals surface area contributed by atoms with Crippen LogP contribution in [0.1, 0.15) is 52.9 Å². The van der Waals surface area contributed by atoms with Crippen molar-refractivity contribution >= 4 is 29.2 Å². The molecule has 170 valence electrons. The number of hydrogen-bond acceptors (Lipinski definition) is 7. The first-order valence-electron chi connectivity index (χ1n) is 10.5. The summed E-state index contributed by atoms with van der Waals surface area (Å²) in [6, 6.07) is 5.41. The van der Waals surface area contributed by atoms with E-state index in [1.165, 1.54) is 7.11 Å². The van der Waals surface area contributed by atoms with Crippen LogP contribution in [-0.2, 0) is 11.3 Å². The molecule has 1 aromatic carbocycles. The Labute approximate surface area is 187 Å². The number of hydrogen-bond donors (Lipinski definition) is 1. The van der Waals surface area contributed by atoms with Gasteiger partial charge >= 0.3 is 5.97 Å². The van der Waals surface area contributed by atoms with Gasteiger partial charge in [0.05, 0.1) is 29.9 Å². The fourth-order valence-electron chi connectivity index (χ4n) is 3.71. The number of benzene rings is 1. The maximum Gasteiger partial charge on any atom is 0.338 e. The average Bonchev–Trinajstić information content (AvgIpc) is 3.38. The smallest absolute Gasteiger partial charge is 0.338 e. The number of aryl methyl sites for hydroxylation is 2. The van der Waals surface area contributed by atoms with Crippen LogP contribution in [0.5, 0.6) is 5.75 Å². The average molecular weight is 440 g/mol. The first-order chi connectivity index (χ1) is 15.5. The van der Waals surface area contributed by atoms with Crippen molar-refractivity contribution in [1.29, 1.82) is 0 Å². The van der Waals surface area contributed by atoms with Gasteiger partial charge in [0.15, 0.2) is 6.29 Å². The summed E-state index contributed by atoms with van der Waals surface area (Å²) in [5.41, 5.74) is 3.64. The Balaban J connectivity index is 0.000000243. The lowest BCUT2D eigenvalue weighted by Crippen LogP contribution is -2.23. The van der Waals surface area contributed by atoms with E-state index in [1.54, 1.807) is 22.9 Å². The van der Waals surface area contributed by atoms with Gasteiger partial charge in [-0.1, -0.05) is 12.2 Å². The van der Waals surface area contributed by atoms with Crippen molar-refractivity contribution in [3.63, 3.8) is 0 Å². The highest BCUT2D eigenvalue weighted by Crippen LogP contribution is 2.38. The van der Waals surface area contributed by atoms with Crippen LogP contribution in [0.4, 0.5) is 5.95 Å². The first kappa shape index (κ1) is 23.1. The van der Waals surface area contributed by atoms with Crippen LogP contribution in [0, 0.1) is 6.92 Å². The van der Waals surface area contributed by atoms with Gasteiger partial charge in [-0.2, -0.15) is 5.10 Å². The third-order valence-corrected chi connectivity index (χ3v) is 5.19. The summed E-state index contributed by atoms with van der Waals surface area (Å²) in [5.74, 6) is 1.05. The van der Waals surface area contributed by atoms with Crippen LogP contribution >= 0.6 is 0 Å². The fourth-order valence-corrected chi connectivity index (χ4v) is 3.71. The largest absolute Gasteiger partial charge is 0.489 e. The molecular weight excluding hydrogens is 410 g/mol. The van der Waals surface area contributed by atoms with Gasteiger partial charge in [-0.15, -0.1) is 0 Å². The summed E-state index contributed by atoms with van der Waals surface area (Å²) in [4.78, 5) is 26.7. The van der Waals surface area contributed by atoms with E-state index in [9.17, 15) is 9.59 Å². The zero-order chi connectivity index (χ0) is 23.3. The second kappa shape index (κ2) is 10.1. The number of carbonyl (C=O) groups is 2. The number of allylic oxidation sites excluding steroid dienone is 2. The first-order valence-corrected chi connectivity index (χ1v) is 10.5. The van der Waals surface area contributed by atoms with Gasteiger partial charge in [-0.05, 0) is 45.4 Å². The third kappa shape index (κ3) is 4.51. The molecule has 9 heteroatoms. The van der Waals surface area contributed by atoms with Gasteiger partial charge in [0.1, 0.15) is 23.6 Å². The van der Waals surface area contributed by atoms with E-state index in [4.69, 9.17) is 9.47 Å². The van der Waals surface area contributed by atoms with E-state index in [1.807, 2.05) is 33.9 Å². The molecular formula is C23H29N5O4. The molecule has 1 aliphatic rings. The number of methoxy groups -OCH3 is 1. The lowest BCUT2D eigenvalue weighted by Gasteiger charge is -2.26. The van der Waals surface area contributed by atoms with Crippen LogP contribution in [-0.4, -0.2) is 52.4 Å². The quantitative estimate of drug-likeness (QED) is 0.354. The van der Waals surface area contributed by atoms with E-state index in [-0.39, 0.29) is 6.04 Å². The van der Waals surface area contributed by atoms with Crippen molar-refractivity contribution in [2.75, 3.05) is 26.1 Å². The molecule has 1 unspecified atom stereocenters. The van der Waals surface area contributed by atoms with Crippen molar-refractivity contribution in [3.8, 4) is 5.75 Å². The number of esters is 1. The molecule has 9 nitrogen and oxygen atoms in total. The Hall–Kier alpha value is -3.62. The van der Waals surface area contributed by atoms with E-state index in [2.05, 4.69) is 26.0 Å². The van der Waals surface area contributed by atoms with Gasteiger partial charge < -0.3 is 19.4 Å². The minimum absolute atomic E-state index is 0.181. The number of imidazole rings is 1. The number of anilines is 1. The van der Waals surface area contributed by atoms with Crippen LogP contribution in [0.3, 0.4) is 0 Å². The van der Waals surface area contributed by atoms with Crippen molar-refractivity contribution in [1.82, 2.24) is 19.3 Å². The minimum Gasteiger partial charge on any atom is -0.489 e. The summed E-state index contributed by atoms with van der Waals surface area (Å²) in [6.45, 7) is 7.13. The number of nitrogens with zero attached hydrogens (tertiary/aromatic N) is 4. The predicted molar refractivity (Wildman–Crippen MR) is 123 cm³/mol. The fraction of sp³-hybridized carbons (Fsp3) is 0.391. The Morgan fingerprint density at radius 3 is 2.75 bits per heavy atom. The number of nitrogens with one attached hydrogen (secondary N) is 1. The summed E-state index contributed by atoms with van der Waals surface area (Å²) >= 11 is 0. The standard InChI is InChI=1S/C16H19N3O3.C7H10N2O/c1-4-5-6-11-9-22-13-8-10(15(20)21-3)7-12-14(13)19(11)16(17-2)18-12;1-3-9-7(5-10)4-6(2)8-9/h4-5,7-8,11H,6,9H2,1-3H3,(H,17,18);4-5H,3H2,1-2H3/b5-4+;. The zero-order valence-corrected chi connectivity index (χ0v) is 19.1. The van der Waals surface area contributed by atoms with E-state index >= 15 is 0 Å². The van der Waals surface area contributed by atoms with Gasteiger partial charge in [0.25, 0.3) is 0 Å². The monoisotopic (exact) mass is 439 g/mol. The van der Waals surface area contributed by atoms with Crippen molar-refractivity contribution in [2.24, 2.45) is 0 Å². The molecule has 3 aromatic rings. The zero-order valence-electron chi connectivity index (χ0n) is 19.1. The molecule has 0 saturated carbocycles. The SMILES string of the molecule is C/C=C/CC1COc2cc(C(=O)OC)cc3nc(NC)n1c23.CCn1nc(C)cc1C=O. The predicted octanol–water partition coefficient (Wildman–Crippen LogP) is 3.79. The Kier molecular flexibility index (Phi) is 7.29. The third-order valence-electron chi connectivity index (χ3n) is 5.19. The molecule has 0 fully saturated rings.